The van der Waals surface area contributed by atoms with Crippen molar-refractivity contribution in [1.29, 1.82) is 0 Å². The van der Waals surface area contributed by atoms with Crippen LogP contribution in [0.4, 0.5) is 0 Å². The minimum Gasteiger partial charge on any atom is -0.281 e. The van der Waals surface area contributed by atoms with Crippen LogP contribution >= 0.6 is 0 Å². The fourth-order valence-electron chi connectivity index (χ4n) is 2.07. The zero-order chi connectivity index (χ0) is 14.5. The highest BCUT2D eigenvalue weighted by molar-refractivity contribution is 7.89. The third kappa shape index (κ3) is 3.79. The average Bonchev–Trinajstić information content (AvgIpc) is 2.69. The molecule has 6 heteroatoms. The van der Waals surface area contributed by atoms with E-state index in [4.69, 9.17) is 0 Å². The molecule has 0 aliphatic heterocycles. The van der Waals surface area contributed by atoms with E-state index >= 15 is 0 Å². The summed E-state index contributed by atoms with van der Waals surface area (Å²) in [4.78, 5) is 0.347. The summed E-state index contributed by atoms with van der Waals surface area (Å²) in [6, 6.07) is 0. The number of nitrogens with one attached hydrogen (secondary N) is 1. The Morgan fingerprint density at radius 2 is 1.63 bits per heavy atom. The minimum atomic E-state index is -3.42. The molecule has 0 saturated carbocycles. The first-order valence-electron chi connectivity index (χ1n) is 6.96. The van der Waals surface area contributed by atoms with E-state index in [9.17, 15) is 8.42 Å². The largest absolute Gasteiger partial charge is 0.281 e. The fourth-order valence-corrected chi connectivity index (χ4v) is 3.92. The van der Waals surface area contributed by atoms with Gasteiger partial charge in [0.1, 0.15) is 4.90 Å². The lowest BCUT2D eigenvalue weighted by molar-refractivity contribution is 0.395. The summed E-state index contributed by atoms with van der Waals surface area (Å²) >= 11 is 0. The Hall–Kier alpha value is -0.880. The molecular weight excluding hydrogens is 262 g/mol. The molecule has 0 atom stereocenters. The number of aromatic amines is 1. The van der Waals surface area contributed by atoms with Gasteiger partial charge in [0, 0.05) is 13.1 Å². The van der Waals surface area contributed by atoms with Crippen LogP contribution in [0.15, 0.2) is 4.90 Å². The van der Waals surface area contributed by atoms with Gasteiger partial charge in [-0.2, -0.15) is 9.40 Å². The number of hydrogen-bond donors (Lipinski definition) is 1. The van der Waals surface area contributed by atoms with Crippen LogP contribution in [0.5, 0.6) is 0 Å². The Morgan fingerprint density at radius 1 is 1.11 bits per heavy atom. The van der Waals surface area contributed by atoms with Gasteiger partial charge in [0.15, 0.2) is 0 Å². The van der Waals surface area contributed by atoms with Crippen LogP contribution in [0.25, 0.3) is 0 Å². The van der Waals surface area contributed by atoms with E-state index in [1.165, 1.54) is 0 Å². The van der Waals surface area contributed by atoms with E-state index in [0.29, 0.717) is 29.4 Å². The van der Waals surface area contributed by atoms with Gasteiger partial charge in [0.2, 0.25) is 10.0 Å². The van der Waals surface area contributed by atoms with Crippen LogP contribution in [0, 0.1) is 13.8 Å². The lowest BCUT2D eigenvalue weighted by Gasteiger charge is -2.22. The Labute approximate surface area is 116 Å². The fraction of sp³-hybridized carbons (Fsp3) is 0.769. The normalized spacial score (nSPS) is 12.3. The molecule has 0 aromatic carbocycles. The zero-order valence-electron chi connectivity index (χ0n) is 12.4. The Balaban J connectivity index is 3.04. The number of rotatable bonds is 8. The first kappa shape index (κ1) is 16.2. The van der Waals surface area contributed by atoms with Gasteiger partial charge in [-0.15, -0.1) is 0 Å². The van der Waals surface area contributed by atoms with Gasteiger partial charge in [-0.05, 0) is 26.7 Å². The van der Waals surface area contributed by atoms with E-state index in [0.717, 1.165) is 25.7 Å². The van der Waals surface area contributed by atoms with Crippen molar-refractivity contribution in [2.45, 2.75) is 58.3 Å². The maximum Gasteiger partial charge on any atom is 0.246 e. The molecule has 0 amide bonds. The van der Waals surface area contributed by atoms with Crippen molar-refractivity contribution in [3.8, 4) is 0 Å². The molecule has 0 unspecified atom stereocenters. The van der Waals surface area contributed by atoms with E-state index in [-0.39, 0.29) is 0 Å². The molecule has 1 rings (SSSR count). The van der Waals surface area contributed by atoms with Crippen LogP contribution < -0.4 is 0 Å². The summed E-state index contributed by atoms with van der Waals surface area (Å²) in [6.45, 7) is 8.79. The predicted molar refractivity (Wildman–Crippen MR) is 76.6 cm³/mol. The molecule has 0 saturated heterocycles. The third-order valence-electron chi connectivity index (χ3n) is 3.18. The van der Waals surface area contributed by atoms with Crippen LogP contribution in [-0.4, -0.2) is 36.0 Å². The Bertz CT molecular complexity index is 466. The zero-order valence-corrected chi connectivity index (χ0v) is 13.2. The second-order valence-electron chi connectivity index (χ2n) is 4.87. The second-order valence-corrected chi connectivity index (χ2v) is 6.75. The Kier molecular flexibility index (Phi) is 6.00. The lowest BCUT2D eigenvalue weighted by Crippen LogP contribution is -2.33. The summed E-state index contributed by atoms with van der Waals surface area (Å²) in [5.74, 6) is 0. The standard InChI is InChI=1S/C13H25N3O2S/c1-5-7-9-16(10-8-6-2)19(17,18)13-11(3)14-15-12(13)4/h5-10H2,1-4H3,(H,14,15). The number of sulfonamides is 1. The van der Waals surface area contributed by atoms with Crippen molar-refractivity contribution in [2.75, 3.05) is 13.1 Å². The number of H-pyrrole nitrogens is 1. The summed E-state index contributed by atoms with van der Waals surface area (Å²) in [5.41, 5.74) is 1.17. The monoisotopic (exact) mass is 287 g/mol. The van der Waals surface area contributed by atoms with Crippen molar-refractivity contribution in [2.24, 2.45) is 0 Å². The molecule has 0 radical (unpaired) electrons. The molecule has 0 aliphatic rings. The maximum atomic E-state index is 12.7. The van der Waals surface area contributed by atoms with Gasteiger partial charge in [-0.3, -0.25) is 5.10 Å². The number of nitrogens with zero attached hydrogens (tertiary/aromatic N) is 2. The molecule has 0 fully saturated rings. The molecule has 1 heterocycles. The highest BCUT2D eigenvalue weighted by Gasteiger charge is 2.28. The first-order chi connectivity index (χ1) is 8.95. The van der Waals surface area contributed by atoms with Gasteiger partial charge in [0.25, 0.3) is 0 Å². The molecule has 5 nitrogen and oxygen atoms in total. The van der Waals surface area contributed by atoms with Gasteiger partial charge in [-0.25, -0.2) is 8.42 Å². The summed E-state index contributed by atoms with van der Waals surface area (Å²) in [5, 5.41) is 6.75. The molecule has 0 bridgehead atoms. The number of hydrogen-bond acceptors (Lipinski definition) is 3. The highest BCUT2D eigenvalue weighted by Crippen LogP contribution is 2.22. The van der Waals surface area contributed by atoms with E-state index in [1.54, 1.807) is 18.2 Å². The van der Waals surface area contributed by atoms with Gasteiger partial charge < -0.3 is 0 Å². The van der Waals surface area contributed by atoms with Crippen LogP contribution in [-0.2, 0) is 10.0 Å². The molecular formula is C13H25N3O2S. The lowest BCUT2D eigenvalue weighted by atomic mass is 10.3. The smallest absolute Gasteiger partial charge is 0.246 e. The van der Waals surface area contributed by atoms with E-state index < -0.39 is 10.0 Å². The predicted octanol–water partition coefficient (Wildman–Crippen LogP) is 2.62. The SMILES string of the molecule is CCCCN(CCCC)S(=O)(=O)c1c(C)n[nH]c1C. The highest BCUT2D eigenvalue weighted by atomic mass is 32.2. The second kappa shape index (κ2) is 7.05. The summed E-state index contributed by atoms with van der Waals surface area (Å²) in [7, 11) is -3.42. The van der Waals surface area contributed by atoms with Crippen molar-refractivity contribution >= 4 is 10.0 Å². The van der Waals surface area contributed by atoms with E-state index in [2.05, 4.69) is 24.0 Å². The Morgan fingerprint density at radius 3 is 2.00 bits per heavy atom. The molecule has 1 N–H and O–H groups in total. The topological polar surface area (TPSA) is 66.1 Å². The van der Waals surface area contributed by atoms with Crippen LogP contribution in [0.1, 0.15) is 50.9 Å². The van der Waals surface area contributed by atoms with Crippen LogP contribution in [0.2, 0.25) is 0 Å². The molecule has 19 heavy (non-hydrogen) atoms. The number of unbranched alkanes of at least 4 members (excludes halogenated alkanes) is 2. The molecule has 0 aliphatic carbocycles. The summed E-state index contributed by atoms with van der Waals surface area (Å²) < 4.78 is 27.0. The molecule has 110 valence electrons. The maximum absolute atomic E-state index is 12.7. The van der Waals surface area contributed by atoms with E-state index in [1.807, 2.05) is 0 Å². The van der Waals surface area contributed by atoms with Crippen molar-refractivity contribution in [3.05, 3.63) is 11.4 Å². The van der Waals surface area contributed by atoms with Crippen molar-refractivity contribution in [1.82, 2.24) is 14.5 Å². The minimum absolute atomic E-state index is 0.347. The molecule has 0 spiro atoms. The summed E-state index contributed by atoms with van der Waals surface area (Å²) in [6.07, 6.45) is 3.75. The average molecular weight is 287 g/mol. The number of aryl methyl sites for hydroxylation is 2. The quantitative estimate of drug-likeness (QED) is 0.799. The molecule has 1 aromatic rings. The third-order valence-corrected chi connectivity index (χ3v) is 5.34. The first-order valence-corrected chi connectivity index (χ1v) is 8.40. The van der Waals surface area contributed by atoms with Crippen molar-refractivity contribution in [3.63, 3.8) is 0 Å². The van der Waals surface area contributed by atoms with Gasteiger partial charge in [-0.1, -0.05) is 26.7 Å². The van der Waals surface area contributed by atoms with Gasteiger partial charge in [0.05, 0.1) is 11.4 Å². The van der Waals surface area contributed by atoms with Crippen LogP contribution in [0.3, 0.4) is 0 Å². The van der Waals surface area contributed by atoms with Gasteiger partial charge >= 0.3 is 0 Å². The van der Waals surface area contributed by atoms with Crippen molar-refractivity contribution < 1.29 is 8.42 Å². The number of aromatic nitrogens is 2. The molecule has 1 aromatic heterocycles.